The Hall–Kier alpha value is -2.82. The number of nitrogens with one attached hydrogen (secondary N) is 1. The molecule has 2 aromatic carbocycles. The smallest absolute Gasteiger partial charge is 0.410 e. The number of piperidine rings is 1. The Labute approximate surface area is 192 Å². The van der Waals surface area contributed by atoms with Gasteiger partial charge in [0.05, 0.1) is 0 Å². The minimum Gasteiger partial charge on any atom is -0.444 e. The average molecular weight is 437 g/mol. The third-order valence-corrected chi connectivity index (χ3v) is 5.75. The molecule has 2 amide bonds. The molecule has 1 N–H and O–H groups in total. The second-order valence-corrected chi connectivity index (χ2v) is 9.61. The van der Waals surface area contributed by atoms with Crippen molar-refractivity contribution < 1.29 is 14.3 Å². The van der Waals surface area contributed by atoms with Crippen LogP contribution in [0.5, 0.6) is 0 Å². The van der Waals surface area contributed by atoms with Gasteiger partial charge in [-0.1, -0.05) is 42.5 Å². The number of benzene rings is 2. The van der Waals surface area contributed by atoms with Crippen molar-refractivity contribution in [1.29, 1.82) is 0 Å². The van der Waals surface area contributed by atoms with Crippen molar-refractivity contribution in [2.75, 3.05) is 18.4 Å². The van der Waals surface area contributed by atoms with E-state index < -0.39 is 5.60 Å². The van der Waals surface area contributed by atoms with Gasteiger partial charge < -0.3 is 15.0 Å². The molecule has 172 valence electrons. The summed E-state index contributed by atoms with van der Waals surface area (Å²) in [5.41, 5.74) is 2.92. The quantitative estimate of drug-likeness (QED) is 0.529. The van der Waals surface area contributed by atoms with E-state index in [1.165, 1.54) is 11.1 Å². The number of carbonyl (C=O) groups excluding carboxylic acids is 2. The molecular weight excluding hydrogens is 400 g/mol. The molecule has 1 aliphatic rings. The predicted molar refractivity (Wildman–Crippen MR) is 129 cm³/mol. The fraction of sp³-hybridized carbons (Fsp3) is 0.481. The predicted octanol–water partition coefficient (Wildman–Crippen LogP) is 6.15. The van der Waals surface area contributed by atoms with Crippen LogP contribution in [-0.2, 0) is 16.0 Å². The molecule has 0 bridgehead atoms. The standard InChI is InChI=1S/C27H36N2O3/c1-27(2,3)32-26(31)29-18-16-22(17-19-29)23-13-9-14-24(20-23)28-25(30)15-8-7-12-21-10-5-4-6-11-21/h4-6,9-11,13-14,20,22H,7-8,12,15-19H2,1-3H3,(H,28,30). The molecule has 5 heteroatoms. The maximum absolute atomic E-state index is 12.4. The van der Waals surface area contributed by atoms with Crippen molar-refractivity contribution in [3.63, 3.8) is 0 Å². The van der Waals surface area contributed by atoms with Crippen molar-refractivity contribution >= 4 is 17.7 Å². The number of nitrogens with zero attached hydrogens (tertiary/aromatic N) is 1. The number of hydrogen-bond donors (Lipinski definition) is 1. The molecule has 1 fully saturated rings. The average Bonchev–Trinajstić information content (AvgIpc) is 2.77. The van der Waals surface area contributed by atoms with E-state index >= 15 is 0 Å². The van der Waals surface area contributed by atoms with Crippen LogP contribution in [0.25, 0.3) is 0 Å². The van der Waals surface area contributed by atoms with Gasteiger partial charge in [-0.3, -0.25) is 4.79 Å². The highest BCUT2D eigenvalue weighted by atomic mass is 16.6. The molecule has 0 unspecified atom stereocenters. The maximum atomic E-state index is 12.4. The molecule has 0 spiro atoms. The minimum atomic E-state index is -0.470. The Kier molecular flexibility index (Phi) is 8.32. The van der Waals surface area contributed by atoms with E-state index in [0.717, 1.165) is 37.8 Å². The van der Waals surface area contributed by atoms with Gasteiger partial charge >= 0.3 is 6.09 Å². The first kappa shape index (κ1) is 23.8. The van der Waals surface area contributed by atoms with Crippen LogP contribution in [-0.4, -0.2) is 35.6 Å². The lowest BCUT2D eigenvalue weighted by atomic mass is 9.89. The van der Waals surface area contributed by atoms with E-state index in [1.807, 2.05) is 39.0 Å². The maximum Gasteiger partial charge on any atom is 0.410 e. The summed E-state index contributed by atoms with van der Waals surface area (Å²) in [4.78, 5) is 26.4. The first-order valence-electron chi connectivity index (χ1n) is 11.7. The van der Waals surface area contributed by atoms with E-state index in [1.54, 1.807) is 4.90 Å². The molecule has 32 heavy (non-hydrogen) atoms. The lowest BCUT2D eigenvalue weighted by molar-refractivity contribution is -0.116. The van der Waals surface area contributed by atoms with Gasteiger partial charge in [-0.2, -0.15) is 0 Å². The van der Waals surface area contributed by atoms with E-state index in [4.69, 9.17) is 4.74 Å². The third kappa shape index (κ3) is 7.70. The van der Waals surface area contributed by atoms with Crippen LogP contribution in [0.3, 0.4) is 0 Å². The topological polar surface area (TPSA) is 58.6 Å². The molecule has 0 aromatic heterocycles. The third-order valence-electron chi connectivity index (χ3n) is 5.75. The number of hydrogen-bond acceptors (Lipinski definition) is 3. The highest BCUT2D eigenvalue weighted by molar-refractivity contribution is 5.90. The molecule has 3 rings (SSSR count). The lowest BCUT2D eigenvalue weighted by Crippen LogP contribution is -2.41. The number of ether oxygens (including phenoxy) is 1. The van der Waals surface area contributed by atoms with Crippen molar-refractivity contribution in [3.05, 3.63) is 65.7 Å². The molecule has 1 aliphatic heterocycles. The second kappa shape index (κ2) is 11.2. The van der Waals surface area contributed by atoms with Crippen molar-refractivity contribution in [1.82, 2.24) is 4.90 Å². The van der Waals surface area contributed by atoms with Crippen LogP contribution in [0.4, 0.5) is 10.5 Å². The van der Waals surface area contributed by atoms with Crippen LogP contribution < -0.4 is 5.32 Å². The van der Waals surface area contributed by atoms with Crippen molar-refractivity contribution in [2.24, 2.45) is 0 Å². The monoisotopic (exact) mass is 436 g/mol. The van der Waals surface area contributed by atoms with Gasteiger partial charge in [-0.25, -0.2) is 4.79 Å². The Morgan fingerprint density at radius 1 is 1.00 bits per heavy atom. The molecule has 2 aromatic rings. The molecule has 5 nitrogen and oxygen atoms in total. The van der Waals surface area contributed by atoms with Crippen molar-refractivity contribution in [2.45, 2.75) is 70.8 Å². The van der Waals surface area contributed by atoms with E-state index in [2.05, 4.69) is 41.7 Å². The van der Waals surface area contributed by atoms with Crippen LogP contribution in [0.1, 0.15) is 69.9 Å². The minimum absolute atomic E-state index is 0.0648. The largest absolute Gasteiger partial charge is 0.444 e. The molecule has 0 atom stereocenters. The first-order valence-corrected chi connectivity index (χ1v) is 11.7. The van der Waals surface area contributed by atoms with Gasteiger partial charge in [0, 0.05) is 25.2 Å². The Balaban J connectivity index is 1.43. The molecule has 1 heterocycles. The van der Waals surface area contributed by atoms with Crippen molar-refractivity contribution in [3.8, 4) is 0 Å². The number of amides is 2. The number of aryl methyl sites for hydroxylation is 1. The van der Waals surface area contributed by atoms with E-state index in [9.17, 15) is 9.59 Å². The first-order chi connectivity index (χ1) is 15.3. The van der Waals surface area contributed by atoms with Crippen LogP contribution in [0, 0.1) is 0 Å². The van der Waals surface area contributed by atoms with Gasteiger partial charge in [0.25, 0.3) is 0 Å². The summed E-state index contributed by atoms with van der Waals surface area (Å²) < 4.78 is 5.49. The SMILES string of the molecule is CC(C)(C)OC(=O)N1CCC(c2cccc(NC(=O)CCCCc3ccccc3)c2)CC1. The molecule has 0 radical (unpaired) electrons. The normalized spacial score (nSPS) is 14.8. The van der Waals surface area contributed by atoms with Gasteiger partial charge in [-0.15, -0.1) is 0 Å². The van der Waals surface area contributed by atoms with Crippen LogP contribution in [0.15, 0.2) is 54.6 Å². The Morgan fingerprint density at radius 2 is 1.72 bits per heavy atom. The van der Waals surface area contributed by atoms with E-state index in [-0.39, 0.29) is 12.0 Å². The Bertz CT molecular complexity index is 881. The highest BCUT2D eigenvalue weighted by Crippen LogP contribution is 2.30. The highest BCUT2D eigenvalue weighted by Gasteiger charge is 2.27. The number of carbonyl (C=O) groups is 2. The summed E-state index contributed by atoms with van der Waals surface area (Å²) in [7, 11) is 0. The fourth-order valence-corrected chi connectivity index (χ4v) is 4.08. The summed E-state index contributed by atoms with van der Waals surface area (Å²) in [6.07, 6.45) is 4.99. The van der Waals surface area contributed by atoms with Crippen LogP contribution in [0.2, 0.25) is 0 Å². The zero-order valence-corrected chi connectivity index (χ0v) is 19.6. The number of likely N-dealkylation sites (tertiary alicyclic amines) is 1. The number of rotatable bonds is 7. The zero-order valence-electron chi connectivity index (χ0n) is 19.6. The zero-order chi connectivity index (χ0) is 23.0. The molecule has 0 aliphatic carbocycles. The second-order valence-electron chi connectivity index (χ2n) is 9.61. The molecular formula is C27H36N2O3. The summed E-state index contributed by atoms with van der Waals surface area (Å²) in [6, 6.07) is 18.5. The number of unbranched alkanes of at least 4 members (excludes halogenated alkanes) is 1. The number of anilines is 1. The summed E-state index contributed by atoms with van der Waals surface area (Å²) in [5.74, 6) is 0.450. The lowest BCUT2D eigenvalue weighted by Gasteiger charge is -2.33. The summed E-state index contributed by atoms with van der Waals surface area (Å²) >= 11 is 0. The summed E-state index contributed by atoms with van der Waals surface area (Å²) in [5, 5.41) is 3.05. The fourth-order valence-electron chi connectivity index (χ4n) is 4.08. The Morgan fingerprint density at radius 3 is 2.41 bits per heavy atom. The van der Waals surface area contributed by atoms with Gasteiger partial charge in [0.1, 0.15) is 5.60 Å². The molecule has 0 saturated carbocycles. The van der Waals surface area contributed by atoms with E-state index in [0.29, 0.717) is 25.4 Å². The van der Waals surface area contributed by atoms with Gasteiger partial charge in [0.15, 0.2) is 0 Å². The summed E-state index contributed by atoms with van der Waals surface area (Å²) in [6.45, 7) is 7.05. The molecule has 1 saturated heterocycles. The van der Waals surface area contributed by atoms with Gasteiger partial charge in [0.2, 0.25) is 5.91 Å². The van der Waals surface area contributed by atoms with Crippen LogP contribution >= 0.6 is 0 Å². The van der Waals surface area contributed by atoms with Gasteiger partial charge in [-0.05, 0) is 82.1 Å².